The predicted octanol–water partition coefficient (Wildman–Crippen LogP) is 2.89. The average molecular weight is 380 g/mol. The van der Waals surface area contributed by atoms with Crippen molar-refractivity contribution in [3.63, 3.8) is 0 Å². The number of nitrogens with one attached hydrogen (secondary N) is 3. The van der Waals surface area contributed by atoms with E-state index in [1.54, 1.807) is 12.3 Å². The van der Waals surface area contributed by atoms with Crippen molar-refractivity contribution in [1.82, 2.24) is 15.8 Å². The average Bonchev–Trinajstić information content (AvgIpc) is 2.94. The second kappa shape index (κ2) is 6.62. The molecule has 0 aliphatic heterocycles. The van der Waals surface area contributed by atoms with Gasteiger partial charge in [-0.2, -0.15) is 0 Å². The lowest BCUT2D eigenvalue weighted by Crippen LogP contribution is -2.41. The molecule has 0 bridgehead atoms. The quantitative estimate of drug-likeness (QED) is 0.697. The number of hydrogen-bond acceptors (Lipinski definition) is 3. The van der Waals surface area contributed by atoms with Gasteiger partial charge in [0.05, 0.1) is 0 Å². The van der Waals surface area contributed by atoms with E-state index in [0.717, 1.165) is 16.0 Å². The number of aromatic nitrogens is 1. The van der Waals surface area contributed by atoms with E-state index >= 15 is 0 Å². The van der Waals surface area contributed by atoms with Gasteiger partial charge in [0.25, 0.3) is 5.91 Å². The van der Waals surface area contributed by atoms with E-state index in [2.05, 4.69) is 38.7 Å². The van der Waals surface area contributed by atoms with E-state index in [1.165, 1.54) is 6.42 Å². The van der Waals surface area contributed by atoms with E-state index in [-0.39, 0.29) is 12.3 Å². The Hall–Kier alpha value is -2.02. The summed E-state index contributed by atoms with van der Waals surface area (Å²) in [5.41, 5.74) is 5.13. The van der Waals surface area contributed by atoms with Crippen molar-refractivity contribution >= 4 is 27.7 Å². The minimum Gasteiger partial charge on any atom is -0.466 e. The maximum atomic E-state index is 11.8. The van der Waals surface area contributed by atoms with Gasteiger partial charge in [0.15, 0.2) is 0 Å². The summed E-state index contributed by atoms with van der Waals surface area (Å²) in [4.78, 5) is 26.3. The van der Waals surface area contributed by atoms with Crippen LogP contribution in [0.4, 0.5) is 0 Å². The Kier molecular flexibility index (Phi) is 4.56. The van der Waals surface area contributed by atoms with E-state index in [0.29, 0.717) is 24.0 Å². The lowest BCUT2D eigenvalue weighted by molar-refractivity contribution is -0.121. The highest BCUT2D eigenvalue weighted by atomic mass is 79.9. The number of rotatable bonds is 5. The zero-order valence-electron chi connectivity index (χ0n) is 12.7. The molecule has 7 heteroatoms. The van der Waals surface area contributed by atoms with Gasteiger partial charge in [-0.3, -0.25) is 20.4 Å². The Morgan fingerprint density at radius 1 is 1.39 bits per heavy atom. The monoisotopic (exact) mass is 379 g/mol. The number of carbonyl (C=O) groups is 2. The number of amides is 2. The number of hydrazine groups is 1. The van der Waals surface area contributed by atoms with E-state index < -0.39 is 5.91 Å². The number of H-pyrrole nitrogens is 1. The van der Waals surface area contributed by atoms with Gasteiger partial charge in [0.2, 0.25) is 5.91 Å². The second-order valence-electron chi connectivity index (χ2n) is 5.86. The van der Waals surface area contributed by atoms with Gasteiger partial charge < -0.3 is 9.40 Å². The fourth-order valence-corrected chi connectivity index (χ4v) is 2.78. The summed E-state index contributed by atoms with van der Waals surface area (Å²) in [7, 11) is 0. The molecule has 3 rings (SSSR count). The summed E-state index contributed by atoms with van der Waals surface area (Å²) in [5.74, 6) is 2.39. The fourth-order valence-electron chi connectivity index (χ4n) is 2.44. The van der Waals surface area contributed by atoms with E-state index in [1.807, 2.05) is 12.1 Å². The van der Waals surface area contributed by atoms with Gasteiger partial charge in [-0.05, 0) is 46.5 Å². The maximum absolute atomic E-state index is 11.8. The third kappa shape index (κ3) is 4.04. The molecule has 0 saturated heterocycles. The molecule has 23 heavy (non-hydrogen) atoms. The van der Waals surface area contributed by atoms with E-state index in [4.69, 9.17) is 4.42 Å². The smallest absolute Gasteiger partial charge is 0.286 e. The topological polar surface area (TPSA) is 87.1 Å². The Morgan fingerprint density at radius 3 is 2.83 bits per heavy atom. The molecule has 122 valence electrons. The van der Waals surface area contributed by atoms with Crippen LogP contribution < -0.4 is 10.9 Å². The maximum Gasteiger partial charge on any atom is 0.286 e. The number of halogens is 1. The molecule has 1 saturated carbocycles. The minimum absolute atomic E-state index is 0.252. The third-order valence-electron chi connectivity index (χ3n) is 3.96. The van der Waals surface area contributed by atoms with Crippen LogP contribution in [-0.2, 0) is 11.2 Å². The van der Waals surface area contributed by atoms with Crippen LogP contribution in [0.3, 0.4) is 0 Å². The van der Waals surface area contributed by atoms with Crippen LogP contribution in [0.2, 0.25) is 0 Å². The molecule has 0 unspecified atom stereocenters. The van der Waals surface area contributed by atoms with Crippen LogP contribution >= 0.6 is 15.9 Å². The molecule has 2 atom stereocenters. The second-order valence-corrected chi connectivity index (χ2v) is 6.77. The summed E-state index contributed by atoms with van der Waals surface area (Å²) in [6.07, 6.45) is 3.58. The lowest BCUT2D eigenvalue weighted by Gasteiger charge is -2.05. The van der Waals surface area contributed by atoms with Crippen LogP contribution in [0.5, 0.6) is 0 Å². The molecule has 2 aromatic rings. The minimum atomic E-state index is -0.396. The molecule has 6 nitrogen and oxygen atoms in total. The highest BCUT2D eigenvalue weighted by Gasteiger charge is 2.36. The van der Waals surface area contributed by atoms with Crippen molar-refractivity contribution in [2.75, 3.05) is 0 Å². The van der Waals surface area contributed by atoms with Crippen LogP contribution in [0.25, 0.3) is 0 Å². The predicted molar refractivity (Wildman–Crippen MR) is 87.7 cm³/mol. The molecule has 1 aliphatic rings. The number of aryl methyl sites for hydroxylation is 1. The summed E-state index contributed by atoms with van der Waals surface area (Å²) < 4.78 is 6.52. The molecule has 1 aliphatic carbocycles. The largest absolute Gasteiger partial charge is 0.466 e. The van der Waals surface area contributed by atoms with Crippen molar-refractivity contribution in [3.05, 3.63) is 46.1 Å². The fraction of sp³-hybridized carbons (Fsp3) is 0.375. The van der Waals surface area contributed by atoms with Gasteiger partial charge in [-0.15, -0.1) is 0 Å². The molecule has 0 radical (unpaired) electrons. The first-order chi connectivity index (χ1) is 11.0. The molecule has 2 heterocycles. The Bertz CT molecular complexity index is 722. The summed E-state index contributed by atoms with van der Waals surface area (Å²) in [6.45, 7) is 2.20. The van der Waals surface area contributed by atoms with Crippen molar-refractivity contribution in [3.8, 4) is 0 Å². The molecule has 0 aromatic carbocycles. The first-order valence-electron chi connectivity index (χ1n) is 7.54. The van der Waals surface area contributed by atoms with Crippen LogP contribution in [0.1, 0.15) is 47.7 Å². The summed E-state index contributed by atoms with van der Waals surface area (Å²) in [6, 6.07) is 5.54. The van der Waals surface area contributed by atoms with Crippen molar-refractivity contribution < 1.29 is 14.0 Å². The van der Waals surface area contributed by atoms with Crippen molar-refractivity contribution in [1.29, 1.82) is 0 Å². The lowest BCUT2D eigenvalue weighted by atomic mass is 10.2. The number of hydrogen-bond donors (Lipinski definition) is 3. The SMILES string of the molecule is C[C@H]1C[C@H]1c1ccc(CCC(=O)NNC(=O)c2cc(Br)c[nH]2)o1. The van der Waals surface area contributed by atoms with Crippen molar-refractivity contribution in [2.45, 2.75) is 32.1 Å². The van der Waals surface area contributed by atoms with E-state index in [9.17, 15) is 9.59 Å². The number of furan rings is 1. The highest BCUT2D eigenvalue weighted by molar-refractivity contribution is 9.10. The van der Waals surface area contributed by atoms with Gasteiger partial charge >= 0.3 is 0 Å². The standard InChI is InChI=1S/C16H18BrN3O3/c1-9-6-12(9)14-4-2-11(23-14)3-5-15(21)19-20-16(22)13-7-10(17)8-18-13/h2,4,7-9,12,18H,3,5-6H2,1H3,(H,19,21)(H,20,22)/t9-,12+/m0/s1. The molecule has 1 fully saturated rings. The first-order valence-corrected chi connectivity index (χ1v) is 8.34. The van der Waals surface area contributed by atoms with Crippen LogP contribution in [-0.4, -0.2) is 16.8 Å². The van der Waals surface area contributed by atoms with Gasteiger partial charge in [-0.25, -0.2) is 0 Å². The molecule has 2 amide bonds. The normalized spacial score (nSPS) is 19.4. The van der Waals surface area contributed by atoms with Crippen LogP contribution in [0, 0.1) is 5.92 Å². The zero-order chi connectivity index (χ0) is 16.4. The molecular formula is C16H18BrN3O3. The summed E-state index contributed by atoms with van der Waals surface area (Å²) >= 11 is 3.24. The number of aromatic amines is 1. The first kappa shape index (κ1) is 15.9. The third-order valence-corrected chi connectivity index (χ3v) is 4.42. The van der Waals surface area contributed by atoms with Gasteiger partial charge in [0.1, 0.15) is 17.2 Å². The number of carbonyl (C=O) groups excluding carboxylic acids is 2. The van der Waals surface area contributed by atoms with Gasteiger partial charge in [0, 0.05) is 29.4 Å². The Labute approximate surface area is 142 Å². The molecule has 0 spiro atoms. The molecular weight excluding hydrogens is 362 g/mol. The molecule has 2 aromatic heterocycles. The highest BCUT2D eigenvalue weighted by Crippen LogP contribution is 2.47. The van der Waals surface area contributed by atoms with Crippen molar-refractivity contribution in [2.24, 2.45) is 5.92 Å². The molecule has 3 N–H and O–H groups in total. The zero-order valence-corrected chi connectivity index (χ0v) is 14.3. The summed E-state index contributed by atoms with van der Waals surface area (Å²) in [5, 5.41) is 0. The van der Waals surface area contributed by atoms with Crippen LogP contribution in [0.15, 0.2) is 33.3 Å². The Balaban J connectivity index is 1.41. The Morgan fingerprint density at radius 2 is 2.17 bits per heavy atom. The van der Waals surface area contributed by atoms with Gasteiger partial charge in [-0.1, -0.05) is 6.92 Å².